The number of primary amides is 1. The van der Waals surface area contributed by atoms with E-state index in [1.807, 2.05) is 42.1 Å². The fourth-order valence-corrected chi connectivity index (χ4v) is 3.65. The summed E-state index contributed by atoms with van der Waals surface area (Å²) in [5.41, 5.74) is 7.00. The van der Waals surface area contributed by atoms with Gasteiger partial charge >= 0.3 is 6.09 Å². The van der Waals surface area contributed by atoms with E-state index in [1.165, 1.54) is 25.3 Å². The quantitative estimate of drug-likeness (QED) is 0.492. The van der Waals surface area contributed by atoms with Gasteiger partial charge in [0.05, 0.1) is 12.8 Å². The molecule has 1 heterocycles. The Morgan fingerprint density at radius 1 is 1.12 bits per heavy atom. The van der Waals surface area contributed by atoms with E-state index in [4.69, 9.17) is 15.2 Å². The molecule has 0 saturated carbocycles. The summed E-state index contributed by atoms with van der Waals surface area (Å²) < 4.78 is 12.6. The number of aryl methyl sites for hydroxylation is 1. The number of alkyl carbamates (subject to hydrolysis) is 1. The van der Waals surface area contributed by atoms with Crippen LogP contribution in [0.3, 0.4) is 0 Å². The molecule has 0 aliphatic carbocycles. The molecule has 34 heavy (non-hydrogen) atoms. The summed E-state index contributed by atoms with van der Waals surface area (Å²) in [6.07, 6.45) is 1.42. The number of para-hydroxylation sites is 1. The van der Waals surface area contributed by atoms with Crippen LogP contribution in [0, 0.1) is 0 Å². The number of aromatic nitrogens is 1. The SMILES string of the molecule is COc1ccc(C(N)=O)cc1NC(=O)[C@H](Cc1cn(C)c2ccccc12)NC(=O)OC(C)(C)C. The number of nitrogens with two attached hydrogens (primary N) is 1. The number of nitrogens with zero attached hydrogens (tertiary/aromatic N) is 1. The molecule has 0 bridgehead atoms. The summed E-state index contributed by atoms with van der Waals surface area (Å²) in [7, 11) is 3.36. The van der Waals surface area contributed by atoms with Gasteiger partial charge in [-0.05, 0) is 50.6 Å². The van der Waals surface area contributed by atoms with Crippen molar-refractivity contribution in [1.29, 1.82) is 0 Å². The van der Waals surface area contributed by atoms with Crippen LogP contribution in [0.5, 0.6) is 5.75 Å². The number of anilines is 1. The number of ether oxygens (including phenoxy) is 2. The standard InChI is InChI=1S/C25H30N4O5/c1-25(2,3)34-24(32)28-19(13-16-14-29(4)20-9-7-6-8-17(16)20)23(31)27-18-12-15(22(26)30)10-11-21(18)33-5/h6-12,14,19H,13H2,1-5H3,(H2,26,30)(H,27,31)(H,28,32)/t19-/m0/s1. The van der Waals surface area contributed by atoms with Crippen molar-refractivity contribution in [2.45, 2.75) is 38.8 Å². The second kappa shape index (κ2) is 9.86. The largest absolute Gasteiger partial charge is 0.495 e. The molecule has 2 aromatic carbocycles. The molecule has 0 fully saturated rings. The zero-order valence-corrected chi connectivity index (χ0v) is 20.0. The molecule has 0 spiro atoms. The van der Waals surface area contributed by atoms with Gasteiger partial charge in [0.15, 0.2) is 0 Å². The van der Waals surface area contributed by atoms with Crippen LogP contribution >= 0.6 is 0 Å². The van der Waals surface area contributed by atoms with E-state index in [0.29, 0.717) is 5.75 Å². The average molecular weight is 467 g/mol. The predicted molar refractivity (Wildman–Crippen MR) is 130 cm³/mol. The first-order chi connectivity index (χ1) is 16.0. The molecular weight excluding hydrogens is 436 g/mol. The van der Waals surface area contributed by atoms with E-state index in [1.54, 1.807) is 20.8 Å². The first-order valence-electron chi connectivity index (χ1n) is 10.8. The van der Waals surface area contributed by atoms with E-state index >= 15 is 0 Å². The first-order valence-corrected chi connectivity index (χ1v) is 10.8. The molecule has 0 aliphatic heterocycles. The Bertz CT molecular complexity index is 1230. The Labute approximate surface area is 198 Å². The number of amides is 3. The maximum atomic E-state index is 13.4. The van der Waals surface area contributed by atoms with Gasteiger partial charge in [0.2, 0.25) is 11.8 Å². The van der Waals surface area contributed by atoms with Crippen molar-refractivity contribution in [3.8, 4) is 5.75 Å². The maximum absolute atomic E-state index is 13.4. The molecular formula is C25H30N4O5. The molecule has 1 atom stereocenters. The van der Waals surface area contributed by atoms with Gasteiger partial charge in [-0.15, -0.1) is 0 Å². The van der Waals surface area contributed by atoms with Crippen molar-refractivity contribution in [3.05, 3.63) is 59.8 Å². The highest BCUT2D eigenvalue weighted by molar-refractivity contribution is 6.00. The summed E-state index contributed by atoms with van der Waals surface area (Å²) in [6, 6.07) is 11.3. The van der Waals surface area contributed by atoms with Crippen LogP contribution in [0.25, 0.3) is 10.9 Å². The minimum atomic E-state index is -0.970. The van der Waals surface area contributed by atoms with E-state index < -0.39 is 29.6 Å². The Morgan fingerprint density at radius 2 is 1.82 bits per heavy atom. The molecule has 9 heteroatoms. The Kier molecular flexibility index (Phi) is 7.14. The third-order valence-electron chi connectivity index (χ3n) is 5.15. The molecule has 3 aromatic rings. The Balaban J connectivity index is 1.93. The van der Waals surface area contributed by atoms with Gasteiger partial charge < -0.3 is 30.4 Å². The number of rotatable bonds is 7. The van der Waals surface area contributed by atoms with Crippen molar-refractivity contribution in [2.75, 3.05) is 12.4 Å². The van der Waals surface area contributed by atoms with Crippen molar-refractivity contribution in [1.82, 2.24) is 9.88 Å². The fourth-order valence-electron chi connectivity index (χ4n) is 3.65. The number of nitrogens with one attached hydrogen (secondary N) is 2. The van der Waals surface area contributed by atoms with Crippen LogP contribution in [-0.2, 0) is 23.0 Å². The number of benzene rings is 2. The van der Waals surface area contributed by atoms with Crippen LogP contribution in [0.15, 0.2) is 48.7 Å². The molecule has 0 aliphatic rings. The topological polar surface area (TPSA) is 125 Å². The number of hydrogen-bond donors (Lipinski definition) is 3. The minimum absolute atomic E-state index is 0.210. The second-order valence-corrected chi connectivity index (χ2v) is 8.95. The van der Waals surface area contributed by atoms with Gasteiger partial charge in [-0.2, -0.15) is 0 Å². The molecule has 4 N–H and O–H groups in total. The lowest BCUT2D eigenvalue weighted by atomic mass is 10.0. The fraction of sp³-hybridized carbons (Fsp3) is 0.320. The van der Waals surface area contributed by atoms with Crippen molar-refractivity contribution >= 4 is 34.5 Å². The van der Waals surface area contributed by atoms with Gasteiger partial charge in [-0.25, -0.2) is 4.79 Å². The highest BCUT2D eigenvalue weighted by atomic mass is 16.6. The normalized spacial score (nSPS) is 12.1. The van der Waals surface area contributed by atoms with Crippen LogP contribution in [0.2, 0.25) is 0 Å². The maximum Gasteiger partial charge on any atom is 0.408 e. The van der Waals surface area contributed by atoms with Crippen molar-refractivity contribution < 1.29 is 23.9 Å². The van der Waals surface area contributed by atoms with Gasteiger partial charge in [0.25, 0.3) is 0 Å². The zero-order valence-electron chi connectivity index (χ0n) is 20.0. The lowest BCUT2D eigenvalue weighted by molar-refractivity contribution is -0.118. The average Bonchev–Trinajstić information content (AvgIpc) is 3.07. The predicted octanol–water partition coefficient (Wildman–Crippen LogP) is 3.36. The first kappa shape index (κ1) is 24.6. The Morgan fingerprint density at radius 3 is 2.47 bits per heavy atom. The number of fused-ring (bicyclic) bond motifs is 1. The summed E-state index contributed by atoms with van der Waals surface area (Å²) >= 11 is 0. The second-order valence-electron chi connectivity index (χ2n) is 8.95. The summed E-state index contributed by atoms with van der Waals surface area (Å²) in [6.45, 7) is 5.23. The lowest BCUT2D eigenvalue weighted by Gasteiger charge is -2.23. The Hall–Kier alpha value is -4.01. The number of hydrogen-bond acceptors (Lipinski definition) is 5. The smallest absolute Gasteiger partial charge is 0.408 e. The van der Waals surface area contributed by atoms with Gasteiger partial charge in [0, 0.05) is 36.1 Å². The van der Waals surface area contributed by atoms with Crippen molar-refractivity contribution in [2.24, 2.45) is 12.8 Å². The molecule has 0 radical (unpaired) electrons. The molecule has 180 valence electrons. The third-order valence-corrected chi connectivity index (χ3v) is 5.15. The minimum Gasteiger partial charge on any atom is -0.495 e. The van der Waals surface area contributed by atoms with Crippen LogP contribution in [0.4, 0.5) is 10.5 Å². The molecule has 3 amide bonds. The van der Waals surface area contributed by atoms with E-state index in [9.17, 15) is 14.4 Å². The zero-order chi connectivity index (χ0) is 25.0. The van der Waals surface area contributed by atoms with Crippen LogP contribution < -0.4 is 21.1 Å². The van der Waals surface area contributed by atoms with Crippen LogP contribution in [0.1, 0.15) is 36.7 Å². The summed E-state index contributed by atoms with van der Waals surface area (Å²) in [5.74, 6) is -0.796. The highest BCUT2D eigenvalue weighted by Gasteiger charge is 2.27. The van der Waals surface area contributed by atoms with Crippen molar-refractivity contribution in [3.63, 3.8) is 0 Å². The van der Waals surface area contributed by atoms with Gasteiger partial charge in [-0.1, -0.05) is 18.2 Å². The lowest BCUT2D eigenvalue weighted by Crippen LogP contribution is -2.47. The molecule has 0 saturated heterocycles. The molecule has 0 unspecified atom stereocenters. The molecule has 9 nitrogen and oxygen atoms in total. The summed E-state index contributed by atoms with van der Waals surface area (Å²) in [5, 5.41) is 6.40. The highest BCUT2D eigenvalue weighted by Crippen LogP contribution is 2.27. The van der Waals surface area contributed by atoms with Gasteiger partial charge in [-0.3, -0.25) is 9.59 Å². The third kappa shape index (κ3) is 5.86. The van der Waals surface area contributed by atoms with Crippen LogP contribution in [-0.4, -0.2) is 41.2 Å². The van der Waals surface area contributed by atoms with E-state index in [2.05, 4.69) is 10.6 Å². The monoisotopic (exact) mass is 466 g/mol. The molecule has 1 aromatic heterocycles. The van der Waals surface area contributed by atoms with Gasteiger partial charge in [0.1, 0.15) is 17.4 Å². The number of carbonyl (C=O) groups is 3. The summed E-state index contributed by atoms with van der Waals surface area (Å²) in [4.78, 5) is 37.5. The molecule has 3 rings (SSSR count). The van der Waals surface area contributed by atoms with E-state index in [-0.39, 0.29) is 17.7 Å². The number of methoxy groups -OCH3 is 1. The van der Waals surface area contributed by atoms with E-state index in [0.717, 1.165) is 16.5 Å². The number of carbonyl (C=O) groups excluding carboxylic acids is 3.